The normalized spacial score (nSPS) is 11.6. The molecule has 0 aliphatic carbocycles. The number of hydrogen-bond acceptors (Lipinski definition) is 4. The lowest BCUT2D eigenvalue weighted by Gasteiger charge is -2.14. The lowest BCUT2D eigenvalue weighted by atomic mass is 10.1. The molecule has 0 saturated heterocycles. The molecule has 132 valence electrons. The third kappa shape index (κ3) is 5.23. The monoisotopic (exact) mass is 350 g/mol. The molecule has 8 heteroatoms. The Bertz CT molecular complexity index is 766. The molecule has 2 aromatic carbocycles. The summed E-state index contributed by atoms with van der Waals surface area (Å²) in [7, 11) is 0. The lowest BCUT2D eigenvalue weighted by Crippen LogP contribution is -2.37. The van der Waals surface area contributed by atoms with Gasteiger partial charge in [0.25, 0.3) is 5.91 Å². The van der Waals surface area contributed by atoms with Crippen molar-refractivity contribution in [1.82, 2.24) is 5.32 Å². The second-order valence-electron chi connectivity index (χ2n) is 5.30. The Kier molecular flexibility index (Phi) is 5.99. The van der Waals surface area contributed by atoms with Crippen LogP contribution in [0.15, 0.2) is 42.5 Å². The predicted molar refractivity (Wildman–Crippen MR) is 86.3 cm³/mol. The van der Waals surface area contributed by atoms with Crippen molar-refractivity contribution in [3.05, 3.63) is 69.8 Å². The van der Waals surface area contributed by atoms with Gasteiger partial charge < -0.3 is 10.1 Å². The number of halogens is 2. The number of carbonyl (C=O) groups is 1. The molecule has 1 N–H and O–H groups in total. The van der Waals surface area contributed by atoms with Crippen LogP contribution in [0.5, 0.6) is 5.75 Å². The smallest absolute Gasteiger partial charge is 0.311 e. The fraction of sp³-hybridized carbons (Fsp3) is 0.235. The van der Waals surface area contributed by atoms with E-state index >= 15 is 0 Å². The van der Waals surface area contributed by atoms with E-state index in [9.17, 15) is 23.7 Å². The second kappa shape index (κ2) is 8.18. The van der Waals surface area contributed by atoms with Gasteiger partial charge in [0.15, 0.2) is 6.10 Å². The van der Waals surface area contributed by atoms with Gasteiger partial charge in [0.1, 0.15) is 11.6 Å². The average molecular weight is 350 g/mol. The van der Waals surface area contributed by atoms with Crippen molar-refractivity contribution in [2.24, 2.45) is 0 Å². The molecular weight excluding hydrogens is 334 g/mol. The lowest BCUT2D eigenvalue weighted by molar-refractivity contribution is -0.386. The number of nitro groups is 1. The van der Waals surface area contributed by atoms with E-state index in [1.807, 2.05) is 0 Å². The molecule has 0 aromatic heterocycles. The van der Waals surface area contributed by atoms with Crippen molar-refractivity contribution in [1.29, 1.82) is 0 Å². The summed E-state index contributed by atoms with van der Waals surface area (Å²) in [6.07, 6.45) is -0.563. The zero-order valence-corrected chi connectivity index (χ0v) is 13.4. The van der Waals surface area contributed by atoms with Crippen molar-refractivity contribution < 1.29 is 23.2 Å². The van der Waals surface area contributed by atoms with E-state index in [1.54, 1.807) is 12.1 Å². The van der Waals surface area contributed by atoms with E-state index in [4.69, 9.17) is 4.74 Å². The fourth-order valence-corrected chi connectivity index (χ4v) is 2.10. The standard InChI is InChI=1S/C17H16F2N2O4/c1-11(25-16-10-14(19)6-7-15(16)21(23)24)17(22)20-9-8-12-2-4-13(18)5-3-12/h2-7,10-11H,8-9H2,1H3,(H,20,22)/t11-/m0/s1. The van der Waals surface area contributed by atoms with Gasteiger partial charge in [0.2, 0.25) is 5.75 Å². The van der Waals surface area contributed by atoms with E-state index in [-0.39, 0.29) is 18.1 Å². The van der Waals surface area contributed by atoms with E-state index in [0.29, 0.717) is 6.42 Å². The van der Waals surface area contributed by atoms with Gasteiger partial charge in [-0.3, -0.25) is 14.9 Å². The first-order valence-electron chi connectivity index (χ1n) is 7.49. The number of ether oxygens (including phenoxy) is 1. The molecule has 0 saturated carbocycles. The number of benzene rings is 2. The van der Waals surface area contributed by atoms with E-state index in [1.165, 1.54) is 19.1 Å². The van der Waals surface area contributed by atoms with Gasteiger partial charge in [-0.2, -0.15) is 0 Å². The first kappa shape index (κ1) is 18.3. The van der Waals surface area contributed by atoms with Crippen molar-refractivity contribution in [2.45, 2.75) is 19.4 Å². The highest BCUT2D eigenvalue weighted by molar-refractivity contribution is 5.80. The summed E-state index contributed by atoms with van der Waals surface area (Å²) in [5, 5.41) is 13.5. The van der Waals surface area contributed by atoms with Crippen LogP contribution in [0.1, 0.15) is 12.5 Å². The van der Waals surface area contributed by atoms with E-state index < -0.39 is 28.4 Å². The SMILES string of the molecule is C[C@H](Oc1cc(F)ccc1[N+](=O)[O-])C(=O)NCCc1ccc(F)cc1. The molecule has 25 heavy (non-hydrogen) atoms. The van der Waals surface area contributed by atoms with Crippen LogP contribution in [0, 0.1) is 21.7 Å². The summed E-state index contributed by atoms with van der Waals surface area (Å²) in [4.78, 5) is 22.2. The maximum absolute atomic E-state index is 13.3. The van der Waals surface area contributed by atoms with Gasteiger partial charge in [-0.25, -0.2) is 8.78 Å². The minimum Gasteiger partial charge on any atom is -0.474 e. The van der Waals surface area contributed by atoms with Gasteiger partial charge in [0, 0.05) is 18.7 Å². The topological polar surface area (TPSA) is 81.5 Å². The van der Waals surface area contributed by atoms with Crippen LogP contribution in [-0.4, -0.2) is 23.5 Å². The van der Waals surface area contributed by atoms with Crippen LogP contribution in [0.25, 0.3) is 0 Å². The molecule has 2 rings (SSSR count). The molecule has 1 amide bonds. The van der Waals surface area contributed by atoms with Crippen LogP contribution in [0.3, 0.4) is 0 Å². The molecule has 2 aromatic rings. The third-order valence-electron chi connectivity index (χ3n) is 3.42. The summed E-state index contributed by atoms with van der Waals surface area (Å²) in [5.41, 5.74) is 0.420. The maximum atomic E-state index is 13.3. The summed E-state index contributed by atoms with van der Waals surface area (Å²) in [6, 6.07) is 8.65. The van der Waals surface area contributed by atoms with Crippen LogP contribution in [-0.2, 0) is 11.2 Å². The zero-order valence-electron chi connectivity index (χ0n) is 13.4. The van der Waals surface area contributed by atoms with Crippen molar-refractivity contribution in [3.8, 4) is 5.75 Å². The highest BCUT2D eigenvalue weighted by Gasteiger charge is 2.21. The van der Waals surface area contributed by atoms with Gasteiger partial charge in [-0.05, 0) is 37.1 Å². The first-order chi connectivity index (χ1) is 11.9. The Hall–Kier alpha value is -3.03. The highest BCUT2D eigenvalue weighted by Crippen LogP contribution is 2.28. The number of nitrogens with one attached hydrogen (secondary N) is 1. The minimum atomic E-state index is -1.05. The van der Waals surface area contributed by atoms with Crippen molar-refractivity contribution in [3.63, 3.8) is 0 Å². The quantitative estimate of drug-likeness (QED) is 0.615. The van der Waals surface area contributed by atoms with Crippen molar-refractivity contribution in [2.75, 3.05) is 6.54 Å². The number of carbonyl (C=O) groups excluding carboxylic acids is 1. The molecule has 0 heterocycles. The van der Waals surface area contributed by atoms with Crippen LogP contribution in [0.4, 0.5) is 14.5 Å². The Morgan fingerprint density at radius 1 is 1.20 bits per heavy atom. The van der Waals surface area contributed by atoms with Gasteiger partial charge >= 0.3 is 5.69 Å². The third-order valence-corrected chi connectivity index (χ3v) is 3.42. The van der Waals surface area contributed by atoms with Crippen LogP contribution < -0.4 is 10.1 Å². The molecule has 0 unspecified atom stereocenters. The van der Waals surface area contributed by atoms with Gasteiger partial charge in [-0.1, -0.05) is 12.1 Å². The summed E-state index contributed by atoms with van der Waals surface area (Å²) in [5.74, 6) is -1.86. The van der Waals surface area contributed by atoms with Crippen LogP contribution in [0.2, 0.25) is 0 Å². The molecule has 0 aliphatic heterocycles. The number of amides is 1. The first-order valence-corrected chi connectivity index (χ1v) is 7.49. The Morgan fingerprint density at radius 3 is 2.48 bits per heavy atom. The molecule has 0 radical (unpaired) electrons. The Morgan fingerprint density at radius 2 is 1.84 bits per heavy atom. The van der Waals surface area contributed by atoms with Gasteiger partial charge in [-0.15, -0.1) is 0 Å². The number of nitrogens with zero attached hydrogens (tertiary/aromatic N) is 1. The zero-order chi connectivity index (χ0) is 18.4. The molecule has 1 atom stereocenters. The van der Waals surface area contributed by atoms with E-state index in [0.717, 1.165) is 23.8 Å². The second-order valence-corrected chi connectivity index (χ2v) is 5.30. The molecule has 0 spiro atoms. The molecule has 6 nitrogen and oxygen atoms in total. The number of rotatable bonds is 7. The fourth-order valence-electron chi connectivity index (χ4n) is 2.10. The number of nitro benzene ring substituents is 1. The Balaban J connectivity index is 1.91. The highest BCUT2D eigenvalue weighted by atomic mass is 19.1. The average Bonchev–Trinajstić information content (AvgIpc) is 2.56. The summed E-state index contributed by atoms with van der Waals surface area (Å²) in [6.45, 7) is 1.69. The Labute approximate surface area is 142 Å². The van der Waals surface area contributed by atoms with Crippen LogP contribution >= 0.6 is 0 Å². The summed E-state index contributed by atoms with van der Waals surface area (Å²) < 4.78 is 31.3. The minimum absolute atomic E-state index is 0.281. The van der Waals surface area contributed by atoms with Crippen molar-refractivity contribution >= 4 is 11.6 Å². The largest absolute Gasteiger partial charge is 0.474 e. The summed E-state index contributed by atoms with van der Waals surface area (Å²) >= 11 is 0. The van der Waals surface area contributed by atoms with Gasteiger partial charge in [0.05, 0.1) is 4.92 Å². The molecule has 0 fully saturated rings. The maximum Gasteiger partial charge on any atom is 0.311 e. The molecular formula is C17H16F2N2O4. The predicted octanol–water partition coefficient (Wildman–Crippen LogP) is 3.00. The molecule has 0 bridgehead atoms. The number of hydrogen-bond donors (Lipinski definition) is 1. The molecule has 0 aliphatic rings. The van der Waals surface area contributed by atoms with E-state index in [2.05, 4.69) is 5.32 Å².